The van der Waals surface area contributed by atoms with Crippen LogP contribution < -0.4 is 5.32 Å². The van der Waals surface area contributed by atoms with Crippen molar-refractivity contribution in [2.75, 3.05) is 0 Å². The zero-order valence-corrected chi connectivity index (χ0v) is 10.4. The van der Waals surface area contributed by atoms with E-state index in [4.69, 9.17) is 5.11 Å². The van der Waals surface area contributed by atoms with Gasteiger partial charge in [-0.05, 0) is 30.9 Å². The first-order chi connectivity index (χ1) is 7.68. The summed E-state index contributed by atoms with van der Waals surface area (Å²) in [6.07, 6.45) is 2.67. The molecule has 1 aromatic rings. The van der Waals surface area contributed by atoms with Crippen LogP contribution >= 0.6 is 15.9 Å². The monoisotopic (exact) mass is 283 g/mol. The SMILES string of the molecule is O=C(O)C1CCCC(c2ccccc2Br)N1. The molecule has 2 atom stereocenters. The lowest BCUT2D eigenvalue weighted by Gasteiger charge is -2.29. The molecular formula is C12H14BrNO2. The number of nitrogens with one attached hydrogen (secondary N) is 1. The highest BCUT2D eigenvalue weighted by Gasteiger charge is 2.27. The Labute approximate surface area is 103 Å². The second kappa shape index (κ2) is 4.97. The number of carboxylic acid groups (broad SMARTS) is 1. The van der Waals surface area contributed by atoms with Gasteiger partial charge >= 0.3 is 5.97 Å². The van der Waals surface area contributed by atoms with Crippen molar-refractivity contribution in [3.05, 3.63) is 34.3 Å². The van der Waals surface area contributed by atoms with E-state index in [1.165, 1.54) is 0 Å². The first-order valence-electron chi connectivity index (χ1n) is 5.42. The minimum Gasteiger partial charge on any atom is -0.480 e. The molecule has 1 heterocycles. The molecule has 1 aliphatic heterocycles. The topological polar surface area (TPSA) is 49.3 Å². The van der Waals surface area contributed by atoms with Gasteiger partial charge in [-0.15, -0.1) is 0 Å². The highest BCUT2D eigenvalue weighted by Crippen LogP contribution is 2.30. The third kappa shape index (κ3) is 2.44. The Hall–Kier alpha value is -0.870. The number of aliphatic carboxylic acids is 1. The van der Waals surface area contributed by atoms with E-state index in [9.17, 15) is 4.79 Å². The van der Waals surface area contributed by atoms with E-state index < -0.39 is 12.0 Å². The van der Waals surface area contributed by atoms with Gasteiger partial charge in [0.1, 0.15) is 6.04 Å². The quantitative estimate of drug-likeness (QED) is 0.878. The summed E-state index contributed by atoms with van der Waals surface area (Å²) in [5.74, 6) is -0.753. The molecular weight excluding hydrogens is 270 g/mol. The summed E-state index contributed by atoms with van der Waals surface area (Å²) < 4.78 is 1.04. The normalized spacial score (nSPS) is 25.3. The van der Waals surface area contributed by atoms with Gasteiger partial charge in [0.15, 0.2) is 0 Å². The first-order valence-corrected chi connectivity index (χ1v) is 6.21. The molecule has 4 heteroatoms. The lowest BCUT2D eigenvalue weighted by molar-refractivity contribution is -0.140. The maximum absolute atomic E-state index is 10.9. The molecule has 16 heavy (non-hydrogen) atoms. The van der Waals surface area contributed by atoms with E-state index in [1.807, 2.05) is 24.3 Å². The van der Waals surface area contributed by atoms with E-state index in [1.54, 1.807) is 0 Å². The summed E-state index contributed by atoms with van der Waals surface area (Å²) in [6, 6.07) is 7.70. The summed E-state index contributed by atoms with van der Waals surface area (Å²) in [5.41, 5.74) is 1.15. The van der Waals surface area contributed by atoms with Crippen molar-refractivity contribution in [3.63, 3.8) is 0 Å². The van der Waals surface area contributed by atoms with Gasteiger partial charge in [0.05, 0.1) is 0 Å². The van der Waals surface area contributed by atoms with E-state index in [0.29, 0.717) is 0 Å². The predicted molar refractivity (Wildman–Crippen MR) is 65.3 cm³/mol. The van der Waals surface area contributed by atoms with Crippen molar-refractivity contribution in [2.24, 2.45) is 0 Å². The summed E-state index contributed by atoms with van der Waals surface area (Å²) in [5, 5.41) is 12.2. The van der Waals surface area contributed by atoms with Gasteiger partial charge < -0.3 is 5.11 Å². The number of piperidine rings is 1. The van der Waals surface area contributed by atoms with Crippen molar-refractivity contribution in [2.45, 2.75) is 31.3 Å². The van der Waals surface area contributed by atoms with E-state index in [-0.39, 0.29) is 6.04 Å². The predicted octanol–water partition coefficient (Wildman–Crippen LogP) is 2.72. The maximum atomic E-state index is 10.9. The van der Waals surface area contributed by atoms with Gasteiger partial charge in [0, 0.05) is 10.5 Å². The van der Waals surface area contributed by atoms with Gasteiger partial charge in [0.25, 0.3) is 0 Å². The fourth-order valence-electron chi connectivity index (χ4n) is 2.13. The molecule has 0 amide bonds. The zero-order valence-electron chi connectivity index (χ0n) is 8.82. The third-order valence-electron chi connectivity index (χ3n) is 2.97. The van der Waals surface area contributed by atoms with Gasteiger partial charge in [0.2, 0.25) is 0 Å². The number of halogens is 1. The largest absolute Gasteiger partial charge is 0.480 e. The highest BCUT2D eigenvalue weighted by molar-refractivity contribution is 9.10. The number of hydrogen-bond acceptors (Lipinski definition) is 2. The molecule has 2 N–H and O–H groups in total. The van der Waals surface area contributed by atoms with Crippen LogP contribution in [0.3, 0.4) is 0 Å². The highest BCUT2D eigenvalue weighted by atomic mass is 79.9. The van der Waals surface area contributed by atoms with Crippen molar-refractivity contribution >= 4 is 21.9 Å². The number of carboxylic acids is 1. The van der Waals surface area contributed by atoms with E-state index >= 15 is 0 Å². The van der Waals surface area contributed by atoms with Crippen LogP contribution in [0.2, 0.25) is 0 Å². The lowest BCUT2D eigenvalue weighted by Crippen LogP contribution is -2.42. The molecule has 1 fully saturated rings. The second-order valence-electron chi connectivity index (χ2n) is 4.06. The van der Waals surface area contributed by atoms with Crippen molar-refractivity contribution in [1.82, 2.24) is 5.32 Å². The van der Waals surface area contributed by atoms with Crippen LogP contribution in [0.4, 0.5) is 0 Å². The van der Waals surface area contributed by atoms with Crippen LogP contribution in [-0.2, 0) is 4.79 Å². The molecule has 86 valence electrons. The smallest absolute Gasteiger partial charge is 0.320 e. The number of rotatable bonds is 2. The Bertz CT molecular complexity index is 394. The molecule has 3 nitrogen and oxygen atoms in total. The molecule has 1 saturated heterocycles. The van der Waals surface area contributed by atoms with Gasteiger partial charge in [-0.1, -0.05) is 34.1 Å². The summed E-state index contributed by atoms with van der Waals surface area (Å²) in [4.78, 5) is 10.9. The fraction of sp³-hybridized carbons (Fsp3) is 0.417. The van der Waals surface area contributed by atoms with Gasteiger partial charge in [-0.3, -0.25) is 10.1 Å². The molecule has 0 saturated carbocycles. The lowest BCUT2D eigenvalue weighted by atomic mass is 9.93. The number of benzene rings is 1. The van der Waals surface area contributed by atoms with Crippen LogP contribution in [0.5, 0.6) is 0 Å². The summed E-state index contributed by atoms with van der Waals surface area (Å²) in [6.45, 7) is 0. The molecule has 0 bridgehead atoms. The average Bonchev–Trinajstić information content (AvgIpc) is 2.30. The van der Waals surface area contributed by atoms with Crippen LogP contribution in [0.15, 0.2) is 28.7 Å². The molecule has 2 unspecified atom stereocenters. The first kappa shape index (κ1) is 11.6. The van der Waals surface area contributed by atoms with E-state index in [2.05, 4.69) is 21.2 Å². The Morgan fingerprint density at radius 1 is 1.38 bits per heavy atom. The standard InChI is InChI=1S/C12H14BrNO2/c13-9-5-2-1-4-8(9)10-6-3-7-11(14-10)12(15)16/h1-2,4-5,10-11,14H,3,6-7H2,(H,15,16). The van der Waals surface area contributed by atoms with Crippen LogP contribution in [-0.4, -0.2) is 17.1 Å². The molecule has 0 aliphatic carbocycles. The van der Waals surface area contributed by atoms with Crippen molar-refractivity contribution in [3.8, 4) is 0 Å². The second-order valence-corrected chi connectivity index (χ2v) is 4.92. The third-order valence-corrected chi connectivity index (χ3v) is 3.69. The zero-order chi connectivity index (χ0) is 11.5. The Kier molecular flexibility index (Phi) is 3.61. The average molecular weight is 284 g/mol. The van der Waals surface area contributed by atoms with Crippen LogP contribution in [0.25, 0.3) is 0 Å². The molecule has 1 aliphatic rings. The molecule has 1 aromatic carbocycles. The summed E-state index contributed by atoms with van der Waals surface area (Å²) >= 11 is 3.50. The van der Waals surface area contributed by atoms with E-state index in [0.717, 1.165) is 29.3 Å². The maximum Gasteiger partial charge on any atom is 0.320 e. The fourth-order valence-corrected chi connectivity index (χ4v) is 2.69. The number of carbonyl (C=O) groups is 1. The Morgan fingerprint density at radius 2 is 2.12 bits per heavy atom. The van der Waals surface area contributed by atoms with Crippen molar-refractivity contribution < 1.29 is 9.90 Å². The minimum atomic E-state index is -0.753. The van der Waals surface area contributed by atoms with Crippen molar-refractivity contribution in [1.29, 1.82) is 0 Å². The van der Waals surface area contributed by atoms with Crippen LogP contribution in [0, 0.1) is 0 Å². The van der Waals surface area contributed by atoms with Gasteiger partial charge in [-0.25, -0.2) is 0 Å². The van der Waals surface area contributed by atoms with Gasteiger partial charge in [-0.2, -0.15) is 0 Å². The Balaban J connectivity index is 2.16. The molecule has 0 radical (unpaired) electrons. The summed E-state index contributed by atoms with van der Waals surface area (Å²) in [7, 11) is 0. The molecule has 0 aromatic heterocycles. The molecule has 0 spiro atoms. The Morgan fingerprint density at radius 3 is 2.81 bits per heavy atom. The van der Waals surface area contributed by atoms with Crippen LogP contribution in [0.1, 0.15) is 30.9 Å². The minimum absolute atomic E-state index is 0.144. The molecule has 2 rings (SSSR count). The number of hydrogen-bond donors (Lipinski definition) is 2.